The first-order valence-electron chi connectivity index (χ1n) is 11.2. The van der Waals surface area contributed by atoms with Gasteiger partial charge in [-0.3, -0.25) is 4.79 Å². The summed E-state index contributed by atoms with van der Waals surface area (Å²) in [5, 5.41) is 3.94. The number of fused-ring (bicyclic) bond motifs is 1. The van der Waals surface area contributed by atoms with Crippen LogP contribution >= 0.6 is 34.3 Å². The molecule has 5 rings (SSSR count). The van der Waals surface area contributed by atoms with Crippen LogP contribution in [0.5, 0.6) is 0 Å². The monoisotopic (exact) mass is 539 g/mol. The van der Waals surface area contributed by atoms with Crippen LogP contribution in [-0.4, -0.2) is 74.3 Å². The zero-order valence-electron chi connectivity index (χ0n) is 18.7. The van der Waals surface area contributed by atoms with Gasteiger partial charge in [-0.2, -0.15) is 4.31 Å². The molecule has 1 unspecified atom stereocenters. The fraction of sp³-hybridized carbons (Fsp3) is 0.455. The summed E-state index contributed by atoms with van der Waals surface area (Å²) in [7, 11) is -1.66. The van der Waals surface area contributed by atoms with E-state index in [1.54, 1.807) is 17.4 Å². The van der Waals surface area contributed by atoms with Gasteiger partial charge in [0.1, 0.15) is 10.3 Å². The van der Waals surface area contributed by atoms with Gasteiger partial charge in [0.2, 0.25) is 5.91 Å². The summed E-state index contributed by atoms with van der Waals surface area (Å²) < 4.78 is 29.3. The topological polar surface area (TPSA) is 85.8 Å². The third-order valence-corrected chi connectivity index (χ3v) is 11.0. The molecule has 2 aromatic heterocycles. The smallest absolute Gasteiger partial charge is 0.253 e. The number of hydrogen-bond acceptors (Lipinski definition) is 8. The van der Waals surface area contributed by atoms with Crippen LogP contribution in [0, 0.1) is 0 Å². The minimum Gasteiger partial charge on any atom is -0.345 e. The number of nitrogens with zero attached hydrogens (tertiary/aromatic N) is 4. The summed E-state index contributed by atoms with van der Waals surface area (Å²) in [5.74, 6) is -0.311. The van der Waals surface area contributed by atoms with Crippen molar-refractivity contribution in [2.45, 2.75) is 29.5 Å². The van der Waals surface area contributed by atoms with Gasteiger partial charge in [0, 0.05) is 38.4 Å². The summed E-state index contributed by atoms with van der Waals surface area (Å²) >= 11 is 8.59. The number of aromatic nitrogens is 1. The Hall–Kier alpha value is -1.76. The molecule has 8 nitrogen and oxygen atoms in total. The van der Waals surface area contributed by atoms with Crippen LogP contribution < -0.4 is 10.2 Å². The van der Waals surface area contributed by atoms with E-state index in [-0.39, 0.29) is 10.1 Å². The normalized spacial score (nSPS) is 20.6. The zero-order chi connectivity index (χ0) is 23.9. The molecule has 0 saturated carbocycles. The van der Waals surface area contributed by atoms with Crippen molar-refractivity contribution in [2.24, 2.45) is 0 Å². The van der Waals surface area contributed by atoms with Gasteiger partial charge >= 0.3 is 0 Å². The van der Waals surface area contributed by atoms with Crippen LogP contribution in [0.4, 0.5) is 10.8 Å². The summed E-state index contributed by atoms with van der Waals surface area (Å²) in [4.78, 5) is 22.6. The molecule has 34 heavy (non-hydrogen) atoms. The van der Waals surface area contributed by atoms with Gasteiger partial charge in [-0.05, 0) is 50.2 Å². The number of thiophene rings is 1. The number of amides is 1. The number of piperazine rings is 1. The van der Waals surface area contributed by atoms with E-state index >= 15 is 0 Å². The number of carbonyl (C=O) groups is 1. The van der Waals surface area contributed by atoms with Crippen molar-refractivity contribution >= 4 is 71.2 Å². The van der Waals surface area contributed by atoms with E-state index in [2.05, 4.69) is 22.2 Å². The molecule has 3 aromatic rings. The Bertz CT molecular complexity index is 1300. The predicted molar refractivity (Wildman–Crippen MR) is 139 cm³/mol. The van der Waals surface area contributed by atoms with E-state index in [1.165, 1.54) is 10.4 Å². The molecule has 0 bridgehead atoms. The second-order valence-electron chi connectivity index (χ2n) is 8.64. The molecule has 1 N–H and O–H groups in total. The molecule has 2 saturated heterocycles. The first-order chi connectivity index (χ1) is 16.3. The van der Waals surface area contributed by atoms with Crippen LogP contribution in [-0.2, 0) is 14.8 Å². The Labute approximate surface area is 212 Å². The van der Waals surface area contributed by atoms with Crippen LogP contribution in [0.3, 0.4) is 0 Å². The van der Waals surface area contributed by atoms with Crippen molar-refractivity contribution in [3.8, 4) is 0 Å². The summed E-state index contributed by atoms with van der Waals surface area (Å²) in [5.41, 5.74) is 1.54. The molecule has 4 heterocycles. The second kappa shape index (κ2) is 9.71. The van der Waals surface area contributed by atoms with E-state index in [0.717, 1.165) is 65.7 Å². The van der Waals surface area contributed by atoms with Crippen molar-refractivity contribution in [3.05, 3.63) is 34.7 Å². The molecule has 2 fully saturated rings. The standard InChI is InChI=1S/C22H26ClN5O3S3/c1-26-10-12-27(13-11-26)22-25-16-6-5-15(14-18(16)32-22)24-21(29)17-4-2-3-9-28(17)34(30,31)20-8-7-19(23)33-20/h5-8,14,17H,2-4,9-13H2,1H3,(H,24,29). The van der Waals surface area contributed by atoms with Crippen molar-refractivity contribution < 1.29 is 13.2 Å². The maximum absolute atomic E-state index is 13.2. The lowest BCUT2D eigenvalue weighted by molar-refractivity contribution is -0.120. The molecule has 1 amide bonds. The van der Waals surface area contributed by atoms with Crippen molar-refractivity contribution in [3.63, 3.8) is 0 Å². The predicted octanol–water partition coefficient (Wildman–Crippen LogP) is 3.94. The molecule has 1 atom stereocenters. The van der Waals surface area contributed by atoms with Crippen molar-refractivity contribution in [2.75, 3.05) is 50.0 Å². The number of halogens is 1. The van der Waals surface area contributed by atoms with Gasteiger partial charge in [0.25, 0.3) is 10.0 Å². The molecule has 0 spiro atoms. The molecule has 12 heteroatoms. The molecule has 2 aliphatic rings. The minimum absolute atomic E-state index is 0.166. The highest BCUT2D eigenvalue weighted by atomic mass is 35.5. The number of nitrogens with one attached hydrogen (secondary N) is 1. The van der Waals surface area contributed by atoms with Gasteiger partial charge in [-0.1, -0.05) is 29.4 Å². The molecule has 0 radical (unpaired) electrons. The van der Waals surface area contributed by atoms with Gasteiger partial charge in [0.05, 0.1) is 14.6 Å². The Morgan fingerprint density at radius 3 is 2.62 bits per heavy atom. The number of rotatable bonds is 5. The van der Waals surface area contributed by atoms with Crippen LogP contribution in [0.1, 0.15) is 19.3 Å². The number of benzene rings is 1. The second-order valence-corrected chi connectivity index (χ2v) is 13.5. The number of piperidine rings is 1. The molecular formula is C22H26ClN5O3S3. The maximum atomic E-state index is 13.2. The number of anilines is 2. The van der Waals surface area contributed by atoms with Crippen LogP contribution in [0.2, 0.25) is 4.34 Å². The van der Waals surface area contributed by atoms with E-state index in [0.29, 0.717) is 23.0 Å². The SMILES string of the molecule is CN1CCN(c2nc3ccc(NC(=O)C4CCCCN4S(=O)(=O)c4ccc(Cl)s4)cc3s2)CC1. The molecular weight excluding hydrogens is 514 g/mol. The first-order valence-corrected chi connectivity index (χ1v) is 14.7. The first kappa shape index (κ1) is 24.0. The lowest BCUT2D eigenvalue weighted by Crippen LogP contribution is -2.49. The summed E-state index contributed by atoms with van der Waals surface area (Å²) in [6.07, 6.45) is 2.02. The van der Waals surface area contributed by atoms with Gasteiger partial charge < -0.3 is 15.1 Å². The van der Waals surface area contributed by atoms with Crippen LogP contribution in [0.25, 0.3) is 10.2 Å². The largest absolute Gasteiger partial charge is 0.345 e. The quantitative estimate of drug-likeness (QED) is 0.528. The van der Waals surface area contributed by atoms with E-state index in [9.17, 15) is 13.2 Å². The molecule has 182 valence electrons. The van der Waals surface area contributed by atoms with E-state index in [4.69, 9.17) is 16.6 Å². The fourth-order valence-electron chi connectivity index (χ4n) is 4.36. The number of carbonyl (C=O) groups excluding carboxylic acids is 1. The summed E-state index contributed by atoms with van der Waals surface area (Å²) in [6.45, 7) is 4.23. The Morgan fingerprint density at radius 1 is 1.09 bits per heavy atom. The van der Waals surface area contributed by atoms with E-state index < -0.39 is 16.1 Å². The maximum Gasteiger partial charge on any atom is 0.253 e. The molecule has 0 aliphatic carbocycles. The Balaban J connectivity index is 1.33. The molecule has 2 aliphatic heterocycles. The Morgan fingerprint density at radius 2 is 1.88 bits per heavy atom. The van der Waals surface area contributed by atoms with Crippen LogP contribution in [0.15, 0.2) is 34.5 Å². The highest BCUT2D eigenvalue weighted by Gasteiger charge is 2.38. The van der Waals surface area contributed by atoms with Crippen molar-refractivity contribution in [1.82, 2.24) is 14.2 Å². The minimum atomic E-state index is -3.79. The number of thiazole rings is 1. The zero-order valence-corrected chi connectivity index (χ0v) is 21.9. The fourth-order valence-corrected chi connectivity index (χ4v) is 8.68. The van der Waals surface area contributed by atoms with Gasteiger partial charge in [0.15, 0.2) is 5.13 Å². The van der Waals surface area contributed by atoms with Gasteiger partial charge in [-0.25, -0.2) is 13.4 Å². The Kier molecular flexibility index (Phi) is 6.84. The number of likely N-dealkylation sites (N-methyl/N-ethyl adjacent to an activating group) is 1. The average molecular weight is 540 g/mol. The number of hydrogen-bond donors (Lipinski definition) is 1. The van der Waals surface area contributed by atoms with Gasteiger partial charge in [-0.15, -0.1) is 11.3 Å². The van der Waals surface area contributed by atoms with Crippen molar-refractivity contribution in [1.29, 1.82) is 0 Å². The third-order valence-electron chi connectivity index (χ3n) is 6.29. The van der Waals surface area contributed by atoms with E-state index in [1.807, 2.05) is 18.2 Å². The highest BCUT2D eigenvalue weighted by molar-refractivity contribution is 7.91. The third kappa shape index (κ3) is 4.82. The highest BCUT2D eigenvalue weighted by Crippen LogP contribution is 2.33. The number of sulfonamides is 1. The molecule has 1 aromatic carbocycles. The average Bonchev–Trinajstić information content (AvgIpc) is 3.46. The lowest BCUT2D eigenvalue weighted by atomic mass is 10.0. The lowest BCUT2D eigenvalue weighted by Gasteiger charge is -2.33. The summed E-state index contributed by atoms with van der Waals surface area (Å²) in [6, 6.07) is 7.97.